The fraction of sp³-hybridized carbons (Fsp3) is 0.357. The second-order valence-electron chi connectivity index (χ2n) is 4.34. The highest BCUT2D eigenvalue weighted by Gasteiger charge is 2.32. The van der Waals surface area contributed by atoms with Crippen molar-refractivity contribution in [3.05, 3.63) is 48.3 Å². The molecule has 0 aromatic heterocycles. The third kappa shape index (κ3) is 2.88. The third-order valence-electron chi connectivity index (χ3n) is 3.05. The van der Waals surface area contributed by atoms with E-state index in [1.807, 2.05) is 30.3 Å². The summed E-state index contributed by atoms with van der Waals surface area (Å²) in [4.78, 5) is 13.2. The van der Waals surface area contributed by atoms with Crippen molar-refractivity contribution in [3.63, 3.8) is 0 Å². The average molecular weight is 249 g/mol. The first-order valence-corrected chi connectivity index (χ1v) is 6.00. The number of ether oxygens (including phenoxy) is 1. The summed E-state index contributed by atoms with van der Waals surface area (Å²) in [6.45, 7) is 4.01. The van der Waals surface area contributed by atoms with E-state index in [0.29, 0.717) is 13.0 Å². The molecule has 3 nitrogen and oxygen atoms in total. The summed E-state index contributed by atoms with van der Waals surface area (Å²) in [7, 11) is 0. The van der Waals surface area contributed by atoms with Gasteiger partial charge in [0.2, 0.25) is 0 Å². The number of hydrogen-bond donors (Lipinski definition) is 0. The number of halogens is 1. The molecule has 2 rings (SSSR count). The molecule has 1 amide bonds. The number of carbonyl (C=O) groups excluding carboxylic acids is 1. The van der Waals surface area contributed by atoms with Crippen molar-refractivity contribution in [1.29, 1.82) is 0 Å². The molecule has 0 aliphatic carbocycles. The number of carbonyl (C=O) groups is 1. The SMILES string of the molecule is C=C(F)[C@@H]1CCCN1C(=O)OCc1ccccc1. The molecule has 0 spiro atoms. The molecular weight excluding hydrogens is 233 g/mol. The maximum Gasteiger partial charge on any atom is 0.410 e. The topological polar surface area (TPSA) is 29.5 Å². The van der Waals surface area contributed by atoms with E-state index in [1.54, 1.807) is 0 Å². The van der Waals surface area contributed by atoms with Crippen LogP contribution in [-0.4, -0.2) is 23.6 Å². The van der Waals surface area contributed by atoms with Crippen LogP contribution in [0.3, 0.4) is 0 Å². The van der Waals surface area contributed by atoms with Crippen LogP contribution in [0.5, 0.6) is 0 Å². The lowest BCUT2D eigenvalue weighted by Gasteiger charge is -2.22. The number of amides is 1. The van der Waals surface area contributed by atoms with Crippen LogP contribution >= 0.6 is 0 Å². The summed E-state index contributed by atoms with van der Waals surface area (Å²) in [5.74, 6) is -0.468. The Bertz CT molecular complexity index is 433. The van der Waals surface area contributed by atoms with Crippen molar-refractivity contribution in [2.24, 2.45) is 0 Å². The van der Waals surface area contributed by atoms with Crippen molar-refractivity contribution in [2.45, 2.75) is 25.5 Å². The molecule has 1 atom stereocenters. The van der Waals surface area contributed by atoms with Crippen LogP contribution in [0.1, 0.15) is 18.4 Å². The zero-order valence-corrected chi connectivity index (χ0v) is 10.1. The quantitative estimate of drug-likeness (QED) is 0.822. The van der Waals surface area contributed by atoms with Gasteiger partial charge in [-0.25, -0.2) is 9.18 Å². The molecule has 1 aromatic rings. The smallest absolute Gasteiger partial charge is 0.410 e. The molecule has 0 unspecified atom stereocenters. The Morgan fingerprint density at radius 2 is 2.17 bits per heavy atom. The molecule has 96 valence electrons. The van der Waals surface area contributed by atoms with E-state index in [1.165, 1.54) is 4.90 Å². The molecule has 1 aromatic carbocycles. The third-order valence-corrected chi connectivity index (χ3v) is 3.05. The Morgan fingerprint density at radius 3 is 2.83 bits per heavy atom. The van der Waals surface area contributed by atoms with Gasteiger partial charge in [0, 0.05) is 6.54 Å². The van der Waals surface area contributed by atoms with E-state index in [4.69, 9.17) is 4.74 Å². The van der Waals surface area contributed by atoms with Gasteiger partial charge in [0.05, 0.1) is 6.04 Å². The van der Waals surface area contributed by atoms with Gasteiger partial charge < -0.3 is 4.74 Å². The summed E-state index contributed by atoms with van der Waals surface area (Å²) in [5, 5.41) is 0. The van der Waals surface area contributed by atoms with E-state index in [0.717, 1.165) is 12.0 Å². The highest BCUT2D eigenvalue weighted by molar-refractivity contribution is 5.69. The van der Waals surface area contributed by atoms with Gasteiger partial charge in [-0.2, -0.15) is 0 Å². The molecule has 1 heterocycles. The first-order valence-electron chi connectivity index (χ1n) is 6.00. The lowest BCUT2D eigenvalue weighted by atomic mass is 10.2. The molecule has 0 N–H and O–H groups in total. The second kappa shape index (κ2) is 5.67. The van der Waals surface area contributed by atoms with E-state index in [-0.39, 0.29) is 6.61 Å². The average Bonchev–Trinajstić information content (AvgIpc) is 2.86. The number of nitrogens with zero attached hydrogens (tertiary/aromatic N) is 1. The van der Waals surface area contributed by atoms with Crippen LogP contribution in [-0.2, 0) is 11.3 Å². The highest BCUT2D eigenvalue weighted by Crippen LogP contribution is 2.24. The second-order valence-corrected chi connectivity index (χ2v) is 4.34. The highest BCUT2D eigenvalue weighted by atomic mass is 19.1. The summed E-state index contributed by atoms with van der Waals surface area (Å²) in [6, 6.07) is 8.89. The maximum absolute atomic E-state index is 13.1. The summed E-state index contributed by atoms with van der Waals surface area (Å²) >= 11 is 0. The van der Waals surface area contributed by atoms with E-state index in [2.05, 4.69) is 6.58 Å². The van der Waals surface area contributed by atoms with Crippen molar-refractivity contribution < 1.29 is 13.9 Å². The van der Waals surface area contributed by atoms with Gasteiger partial charge in [0.15, 0.2) is 0 Å². The zero-order chi connectivity index (χ0) is 13.0. The lowest BCUT2D eigenvalue weighted by molar-refractivity contribution is 0.0936. The minimum atomic E-state index is -0.520. The molecule has 1 fully saturated rings. The Morgan fingerprint density at radius 1 is 1.44 bits per heavy atom. The number of hydrogen-bond acceptors (Lipinski definition) is 2. The number of likely N-dealkylation sites (tertiary alicyclic amines) is 1. The predicted molar refractivity (Wildman–Crippen MR) is 66.6 cm³/mol. The summed E-state index contributed by atoms with van der Waals surface area (Å²) in [5.41, 5.74) is 0.917. The first-order chi connectivity index (χ1) is 8.68. The molecule has 0 radical (unpaired) electrons. The molecule has 0 bridgehead atoms. The Balaban J connectivity index is 1.90. The zero-order valence-electron chi connectivity index (χ0n) is 10.1. The Hall–Kier alpha value is -1.84. The van der Waals surface area contributed by atoms with Crippen LogP contribution in [0.4, 0.5) is 9.18 Å². The van der Waals surface area contributed by atoms with Gasteiger partial charge in [-0.15, -0.1) is 0 Å². The predicted octanol–water partition coefficient (Wildman–Crippen LogP) is 3.27. The Labute approximate surface area is 106 Å². The molecule has 1 aliphatic heterocycles. The van der Waals surface area contributed by atoms with Gasteiger partial charge in [0.25, 0.3) is 0 Å². The van der Waals surface area contributed by atoms with Gasteiger partial charge in [-0.05, 0) is 18.4 Å². The van der Waals surface area contributed by atoms with Crippen LogP contribution in [0.25, 0.3) is 0 Å². The van der Waals surface area contributed by atoms with E-state index < -0.39 is 18.0 Å². The molecule has 4 heteroatoms. The molecule has 1 saturated heterocycles. The largest absolute Gasteiger partial charge is 0.445 e. The van der Waals surface area contributed by atoms with Gasteiger partial charge in [0.1, 0.15) is 12.4 Å². The standard InChI is InChI=1S/C14H16FNO2/c1-11(15)13-8-5-9-16(13)14(17)18-10-12-6-3-2-4-7-12/h2-4,6-7,13H,1,5,8-10H2/t13-/m0/s1. The van der Waals surface area contributed by atoms with Crippen LogP contribution in [0.15, 0.2) is 42.7 Å². The minimum Gasteiger partial charge on any atom is -0.445 e. The lowest BCUT2D eigenvalue weighted by Crippen LogP contribution is -2.36. The van der Waals surface area contributed by atoms with Gasteiger partial charge in [-0.1, -0.05) is 36.9 Å². The fourth-order valence-electron chi connectivity index (χ4n) is 2.11. The molecule has 1 aliphatic rings. The van der Waals surface area contributed by atoms with E-state index >= 15 is 0 Å². The van der Waals surface area contributed by atoms with Gasteiger partial charge >= 0.3 is 6.09 Å². The maximum atomic E-state index is 13.1. The molecule has 0 saturated carbocycles. The fourth-order valence-corrected chi connectivity index (χ4v) is 2.11. The van der Waals surface area contributed by atoms with Crippen molar-refractivity contribution in [2.75, 3.05) is 6.54 Å². The molecular formula is C14H16FNO2. The van der Waals surface area contributed by atoms with Gasteiger partial charge in [-0.3, -0.25) is 4.90 Å². The first kappa shape index (κ1) is 12.6. The van der Waals surface area contributed by atoms with E-state index in [9.17, 15) is 9.18 Å². The van der Waals surface area contributed by atoms with Crippen molar-refractivity contribution >= 4 is 6.09 Å². The number of benzene rings is 1. The summed E-state index contributed by atoms with van der Waals surface area (Å²) < 4.78 is 18.3. The van der Waals surface area contributed by atoms with Crippen molar-refractivity contribution in [3.8, 4) is 0 Å². The van der Waals surface area contributed by atoms with Crippen LogP contribution < -0.4 is 0 Å². The van der Waals surface area contributed by atoms with Crippen molar-refractivity contribution in [1.82, 2.24) is 4.90 Å². The molecule has 18 heavy (non-hydrogen) atoms. The van der Waals surface area contributed by atoms with Crippen LogP contribution in [0.2, 0.25) is 0 Å². The minimum absolute atomic E-state index is 0.210. The number of rotatable bonds is 3. The summed E-state index contributed by atoms with van der Waals surface area (Å²) in [6.07, 6.45) is 0.934. The Kier molecular flexibility index (Phi) is 3.97. The normalized spacial score (nSPS) is 18.7. The van der Waals surface area contributed by atoms with Crippen LogP contribution in [0, 0.1) is 0 Å². The monoisotopic (exact) mass is 249 g/mol.